The maximum atomic E-state index is 12.3. The minimum atomic E-state index is -0.0813. The van der Waals surface area contributed by atoms with Gasteiger partial charge in [0.15, 0.2) is 0 Å². The third-order valence-corrected chi connectivity index (χ3v) is 4.08. The molecule has 114 valence electrons. The van der Waals surface area contributed by atoms with Crippen molar-refractivity contribution in [2.75, 3.05) is 36.4 Å². The summed E-state index contributed by atoms with van der Waals surface area (Å²) in [5.74, 6) is 0.961. The highest BCUT2D eigenvalue weighted by atomic mass is 32.1. The highest BCUT2D eigenvalue weighted by molar-refractivity contribution is 7.80. The Labute approximate surface area is 135 Å². The van der Waals surface area contributed by atoms with Crippen molar-refractivity contribution in [2.45, 2.75) is 4.90 Å². The van der Waals surface area contributed by atoms with E-state index in [0.717, 1.165) is 29.5 Å². The molecule has 1 N–H and O–H groups in total. The van der Waals surface area contributed by atoms with Gasteiger partial charge in [0.25, 0.3) is 0 Å². The van der Waals surface area contributed by atoms with Crippen molar-refractivity contribution in [2.24, 2.45) is 0 Å². The van der Waals surface area contributed by atoms with Crippen LogP contribution in [-0.2, 0) is 0 Å². The lowest BCUT2D eigenvalue weighted by molar-refractivity contribution is 0.208. The molecule has 0 aliphatic carbocycles. The van der Waals surface area contributed by atoms with Gasteiger partial charge in [0.05, 0.1) is 5.69 Å². The van der Waals surface area contributed by atoms with E-state index in [1.165, 1.54) is 0 Å². The number of para-hydroxylation sites is 1. The Morgan fingerprint density at radius 1 is 1.05 bits per heavy atom. The van der Waals surface area contributed by atoms with Crippen LogP contribution in [0.4, 0.5) is 16.3 Å². The number of nitrogens with zero attached hydrogens (tertiary/aromatic N) is 3. The molecule has 0 spiro atoms. The predicted octanol–water partition coefficient (Wildman–Crippen LogP) is 2.72. The highest BCUT2D eigenvalue weighted by Gasteiger charge is 2.22. The van der Waals surface area contributed by atoms with Gasteiger partial charge in [-0.3, -0.25) is 0 Å². The second-order valence-corrected chi connectivity index (χ2v) is 5.59. The SMILES string of the molecule is O=C(Nc1ccccc1S)N1CCN(c2ccccn2)CC1. The lowest BCUT2D eigenvalue weighted by Crippen LogP contribution is -2.50. The Hall–Kier alpha value is -2.21. The van der Waals surface area contributed by atoms with Crippen molar-refractivity contribution >= 4 is 30.2 Å². The monoisotopic (exact) mass is 314 g/mol. The largest absolute Gasteiger partial charge is 0.353 e. The van der Waals surface area contributed by atoms with Crippen LogP contribution in [0.3, 0.4) is 0 Å². The number of hydrogen-bond acceptors (Lipinski definition) is 4. The molecule has 0 atom stereocenters. The number of pyridine rings is 1. The van der Waals surface area contributed by atoms with Gasteiger partial charge in [-0.2, -0.15) is 0 Å². The summed E-state index contributed by atoms with van der Waals surface area (Å²) < 4.78 is 0. The van der Waals surface area contributed by atoms with Crippen molar-refractivity contribution in [3.8, 4) is 0 Å². The zero-order valence-corrected chi connectivity index (χ0v) is 13.0. The Kier molecular flexibility index (Phi) is 4.48. The van der Waals surface area contributed by atoms with Gasteiger partial charge in [-0.15, -0.1) is 12.6 Å². The normalized spacial score (nSPS) is 14.8. The van der Waals surface area contributed by atoms with Crippen LogP contribution >= 0.6 is 12.6 Å². The number of anilines is 2. The number of thiol groups is 1. The summed E-state index contributed by atoms with van der Waals surface area (Å²) in [5, 5.41) is 2.91. The summed E-state index contributed by atoms with van der Waals surface area (Å²) in [4.78, 5) is 21.4. The molecular formula is C16H18N4OS. The fraction of sp³-hybridized carbons (Fsp3) is 0.250. The Morgan fingerprint density at radius 3 is 2.45 bits per heavy atom. The average molecular weight is 314 g/mol. The highest BCUT2D eigenvalue weighted by Crippen LogP contribution is 2.19. The van der Waals surface area contributed by atoms with E-state index >= 15 is 0 Å². The molecule has 2 amide bonds. The van der Waals surface area contributed by atoms with E-state index < -0.39 is 0 Å². The van der Waals surface area contributed by atoms with Crippen molar-refractivity contribution < 1.29 is 4.79 Å². The van der Waals surface area contributed by atoms with E-state index in [9.17, 15) is 4.79 Å². The second-order valence-electron chi connectivity index (χ2n) is 5.11. The van der Waals surface area contributed by atoms with E-state index in [1.807, 2.05) is 47.4 Å². The van der Waals surface area contributed by atoms with Crippen molar-refractivity contribution in [3.63, 3.8) is 0 Å². The zero-order valence-electron chi connectivity index (χ0n) is 12.1. The van der Waals surface area contributed by atoms with Crippen LogP contribution in [0.5, 0.6) is 0 Å². The first-order valence-corrected chi connectivity index (χ1v) is 7.68. The minimum absolute atomic E-state index is 0.0813. The second kappa shape index (κ2) is 6.70. The molecule has 1 aliphatic rings. The van der Waals surface area contributed by atoms with Crippen LogP contribution in [-0.4, -0.2) is 42.1 Å². The van der Waals surface area contributed by atoms with Crippen molar-refractivity contribution in [1.82, 2.24) is 9.88 Å². The first kappa shape index (κ1) is 14.7. The van der Waals surface area contributed by atoms with E-state index in [4.69, 9.17) is 0 Å². The van der Waals surface area contributed by atoms with Crippen LogP contribution in [0, 0.1) is 0 Å². The molecule has 5 nitrogen and oxygen atoms in total. The number of rotatable bonds is 2. The Balaban J connectivity index is 1.57. The quantitative estimate of drug-likeness (QED) is 0.838. The van der Waals surface area contributed by atoms with Crippen LogP contribution in [0.2, 0.25) is 0 Å². The van der Waals surface area contributed by atoms with Gasteiger partial charge in [-0.1, -0.05) is 18.2 Å². The number of urea groups is 1. The molecule has 2 heterocycles. The molecule has 1 aliphatic heterocycles. The zero-order chi connectivity index (χ0) is 15.4. The van der Waals surface area contributed by atoms with Gasteiger partial charge >= 0.3 is 6.03 Å². The minimum Gasteiger partial charge on any atom is -0.353 e. The van der Waals surface area contributed by atoms with E-state index in [1.54, 1.807) is 6.20 Å². The van der Waals surface area contributed by atoms with Gasteiger partial charge in [0.2, 0.25) is 0 Å². The summed E-state index contributed by atoms with van der Waals surface area (Å²) in [6.07, 6.45) is 1.79. The molecule has 1 aromatic heterocycles. The predicted molar refractivity (Wildman–Crippen MR) is 90.7 cm³/mol. The number of nitrogens with one attached hydrogen (secondary N) is 1. The number of benzene rings is 1. The molecule has 22 heavy (non-hydrogen) atoms. The first-order valence-electron chi connectivity index (χ1n) is 7.24. The number of piperazine rings is 1. The molecule has 3 rings (SSSR count). The lowest BCUT2D eigenvalue weighted by atomic mass is 10.3. The van der Waals surface area contributed by atoms with E-state index in [-0.39, 0.29) is 6.03 Å². The Morgan fingerprint density at radius 2 is 1.77 bits per heavy atom. The van der Waals surface area contributed by atoms with Gasteiger partial charge in [0, 0.05) is 37.3 Å². The molecule has 0 saturated carbocycles. The third kappa shape index (κ3) is 3.33. The van der Waals surface area contributed by atoms with Crippen molar-refractivity contribution in [3.05, 3.63) is 48.7 Å². The topological polar surface area (TPSA) is 48.5 Å². The third-order valence-electron chi connectivity index (χ3n) is 3.69. The van der Waals surface area contributed by atoms with Gasteiger partial charge in [0.1, 0.15) is 5.82 Å². The number of hydrogen-bond donors (Lipinski definition) is 2. The summed E-state index contributed by atoms with van der Waals surface area (Å²) in [6, 6.07) is 13.3. The number of amides is 2. The molecular weight excluding hydrogens is 296 g/mol. The molecule has 2 aromatic rings. The molecule has 1 aromatic carbocycles. The van der Waals surface area contributed by atoms with Crippen LogP contribution in [0.15, 0.2) is 53.6 Å². The summed E-state index contributed by atoms with van der Waals surface area (Å²) in [7, 11) is 0. The first-order chi connectivity index (χ1) is 10.7. The van der Waals surface area contributed by atoms with Gasteiger partial charge in [-0.25, -0.2) is 9.78 Å². The standard InChI is InChI=1S/C16H18N4OS/c21-16(18-13-5-1-2-6-14(13)22)20-11-9-19(10-12-20)15-7-3-4-8-17-15/h1-8,22H,9-12H2,(H,18,21). The number of aromatic nitrogens is 1. The molecule has 0 radical (unpaired) electrons. The smallest absolute Gasteiger partial charge is 0.321 e. The summed E-state index contributed by atoms with van der Waals surface area (Å²) in [6.45, 7) is 2.92. The molecule has 0 bridgehead atoms. The van der Waals surface area contributed by atoms with E-state index in [2.05, 4.69) is 27.8 Å². The van der Waals surface area contributed by atoms with Gasteiger partial charge < -0.3 is 15.1 Å². The molecule has 1 fully saturated rings. The maximum Gasteiger partial charge on any atom is 0.321 e. The number of carbonyl (C=O) groups excluding carboxylic acids is 1. The molecule has 0 unspecified atom stereocenters. The summed E-state index contributed by atoms with van der Waals surface area (Å²) in [5.41, 5.74) is 0.739. The summed E-state index contributed by atoms with van der Waals surface area (Å²) >= 11 is 4.35. The van der Waals surface area contributed by atoms with Gasteiger partial charge in [-0.05, 0) is 24.3 Å². The maximum absolute atomic E-state index is 12.3. The van der Waals surface area contributed by atoms with E-state index in [0.29, 0.717) is 13.1 Å². The van der Waals surface area contributed by atoms with Crippen LogP contribution in [0.1, 0.15) is 0 Å². The molecule has 6 heteroatoms. The fourth-order valence-corrected chi connectivity index (χ4v) is 2.67. The fourth-order valence-electron chi connectivity index (χ4n) is 2.45. The Bertz CT molecular complexity index is 642. The molecule has 1 saturated heterocycles. The lowest BCUT2D eigenvalue weighted by Gasteiger charge is -2.35. The van der Waals surface area contributed by atoms with Crippen LogP contribution in [0.25, 0.3) is 0 Å². The van der Waals surface area contributed by atoms with Crippen LogP contribution < -0.4 is 10.2 Å². The average Bonchev–Trinajstić information content (AvgIpc) is 2.58. The number of carbonyl (C=O) groups is 1. The van der Waals surface area contributed by atoms with Crippen molar-refractivity contribution in [1.29, 1.82) is 0 Å².